The maximum Gasteiger partial charge on any atom is 0.163 e. The highest BCUT2D eigenvalue weighted by molar-refractivity contribution is 5.18. The Bertz CT molecular complexity index is 264. The Kier molecular flexibility index (Phi) is 4.57. The first kappa shape index (κ1) is 13.7. The van der Waals surface area contributed by atoms with E-state index < -0.39 is 5.79 Å². The van der Waals surface area contributed by atoms with Gasteiger partial charge in [-0.05, 0) is 38.7 Å². The van der Waals surface area contributed by atoms with Crippen molar-refractivity contribution in [3.63, 3.8) is 0 Å². The highest BCUT2D eigenvalue weighted by Crippen LogP contribution is 2.30. The molecule has 1 saturated heterocycles. The van der Waals surface area contributed by atoms with Gasteiger partial charge in [-0.3, -0.25) is 0 Å². The molecule has 0 amide bonds. The molecule has 16 heavy (non-hydrogen) atoms. The van der Waals surface area contributed by atoms with Crippen LogP contribution in [0.4, 0.5) is 0 Å². The lowest BCUT2D eigenvalue weighted by Gasteiger charge is -2.37. The quantitative estimate of drug-likeness (QED) is 0.679. The van der Waals surface area contributed by atoms with Crippen molar-refractivity contribution in [2.75, 3.05) is 6.61 Å². The van der Waals surface area contributed by atoms with Crippen LogP contribution in [0.2, 0.25) is 0 Å². The Balaban J connectivity index is 2.83. The second kappa shape index (κ2) is 5.33. The van der Waals surface area contributed by atoms with Crippen molar-refractivity contribution in [1.29, 1.82) is 0 Å². The Morgan fingerprint density at radius 3 is 2.44 bits per heavy atom. The predicted octanol–water partition coefficient (Wildman–Crippen LogP) is 3.91. The summed E-state index contributed by atoms with van der Waals surface area (Å²) in [4.78, 5) is 0. The largest absolute Gasteiger partial charge is 0.350 e. The molecule has 0 aromatic rings. The van der Waals surface area contributed by atoms with Gasteiger partial charge in [0.05, 0.1) is 12.7 Å². The van der Waals surface area contributed by atoms with Gasteiger partial charge in [-0.25, -0.2) is 0 Å². The van der Waals surface area contributed by atoms with E-state index in [2.05, 4.69) is 27.7 Å². The van der Waals surface area contributed by atoms with Gasteiger partial charge < -0.3 is 9.47 Å². The molecule has 1 aliphatic heterocycles. The molecule has 0 spiro atoms. The fraction of sp³-hybridized carbons (Fsp3) is 0.857. The van der Waals surface area contributed by atoms with Crippen molar-refractivity contribution >= 4 is 0 Å². The minimum Gasteiger partial charge on any atom is -0.350 e. The maximum atomic E-state index is 5.99. The molecule has 2 heteroatoms. The minimum atomic E-state index is -0.431. The van der Waals surface area contributed by atoms with E-state index in [1.54, 1.807) is 0 Å². The normalized spacial score (nSPS) is 26.8. The average Bonchev–Trinajstić information content (AvgIpc) is 2.16. The lowest BCUT2D eigenvalue weighted by molar-refractivity contribution is -0.265. The van der Waals surface area contributed by atoms with Crippen LogP contribution in [0, 0.1) is 5.92 Å². The lowest BCUT2D eigenvalue weighted by atomic mass is 9.91. The lowest BCUT2D eigenvalue weighted by Crippen LogP contribution is -2.40. The first-order valence-electron chi connectivity index (χ1n) is 6.38. The summed E-state index contributed by atoms with van der Waals surface area (Å²) in [5, 5.41) is 0. The number of rotatable bonds is 3. The van der Waals surface area contributed by atoms with E-state index in [0.29, 0.717) is 5.92 Å². The monoisotopic (exact) mass is 226 g/mol. The molecule has 0 saturated carbocycles. The van der Waals surface area contributed by atoms with Gasteiger partial charge >= 0.3 is 0 Å². The van der Waals surface area contributed by atoms with Gasteiger partial charge in [-0.1, -0.05) is 26.3 Å². The molecule has 1 fully saturated rings. The zero-order valence-electron chi connectivity index (χ0n) is 11.6. The van der Waals surface area contributed by atoms with Gasteiger partial charge in [-0.2, -0.15) is 0 Å². The number of hydrogen-bond acceptors (Lipinski definition) is 2. The molecule has 0 aromatic heterocycles. The van der Waals surface area contributed by atoms with E-state index in [0.717, 1.165) is 19.4 Å². The Morgan fingerprint density at radius 2 is 2.00 bits per heavy atom. The molecule has 1 atom stereocenters. The predicted molar refractivity (Wildman–Crippen MR) is 67.4 cm³/mol. The second-order valence-electron chi connectivity index (χ2n) is 5.36. The third-order valence-electron chi connectivity index (χ3n) is 3.32. The highest BCUT2D eigenvalue weighted by Gasteiger charge is 2.31. The molecule has 1 aliphatic rings. The first-order chi connectivity index (χ1) is 7.37. The third kappa shape index (κ3) is 3.33. The third-order valence-corrected chi connectivity index (χ3v) is 3.32. The Morgan fingerprint density at radius 1 is 1.38 bits per heavy atom. The summed E-state index contributed by atoms with van der Waals surface area (Å²) in [6.07, 6.45) is 2.33. The van der Waals surface area contributed by atoms with Crippen molar-refractivity contribution in [2.45, 2.75) is 66.3 Å². The Hall–Kier alpha value is -0.340. The molecule has 1 heterocycles. The fourth-order valence-corrected chi connectivity index (χ4v) is 2.50. The van der Waals surface area contributed by atoms with Gasteiger partial charge in [0.25, 0.3) is 0 Å². The zero-order chi connectivity index (χ0) is 12.3. The Labute approximate surface area is 100 Å². The van der Waals surface area contributed by atoms with Crippen LogP contribution in [-0.2, 0) is 9.47 Å². The second-order valence-corrected chi connectivity index (χ2v) is 5.36. The fourth-order valence-electron chi connectivity index (χ4n) is 2.50. The summed E-state index contributed by atoms with van der Waals surface area (Å²) in [6, 6.07) is 0. The molecule has 1 rings (SSSR count). The summed E-state index contributed by atoms with van der Waals surface area (Å²) in [5.41, 5.74) is 2.94. The van der Waals surface area contributed by atoms with Crippen LogP contribution in [0.25, 0.3) is 0 Å². The van der Waals surface area contributed by atoms with Gasteiger partial charge in [0, 0.05) is 6.42 Å². The highest BCUT2D eigenvalue weighted by atomic mass is 16.7. The van der Waals surface area contributed by atoms with Crippen molar-refractivity contribution in [1.82, 2.24) is 0 Å². The summed E-state index contributed by atoms with van der Waals surface area (Å²) in [7, 11) is 0. The van der Waals surface area contributed by atoms with Gasteiger partial charge in [0.15, 0.2) is 5.79 Å². The smallest absolute Gasteiger partial charge is 0.163 e. The summed E-state index contributed by atoms with van der Waals surface area (Å²) in [6.45, 7) is 13.7. The van der Waals surface area contributed by atoms with Crippen LogP contribution < -0.4 is 0 Å². The van der Waals surface area contributed by atoms with E-state index in [-0.39, 0.29) is 6.10 Å². The van der Waals surface area contributed by atoms with E-state index in [1.807, 2.05) is 13.8 Å². The van der Waals surface area contributed by atoms with Crippen molar-refractivity contribution < 1.29 is 9.47 Å². The van der Waals surface area contributed by atoms with Crippen LogP contribution in [0.5, 0.6) is 0 Å². The van der Waals surface area contributed by atoms with Crippen LogP contribution in [-0.4, -0.2) is 18.5 Å². The van der Waals surface area contributed by atoms with Gasteiger partial charge in [0.1, 0.15) is 0 Å². The molecule has 94 valence electrons. The maximum absolute atomic E-state index is 5.99. The van der Waals surface area contributed by atoms with Gasteiger partial charge in [-0.15, -0.1) is 0 Å². The van der Waals surface area contributed by atoms with Crippen molar-refractivity contribution in [2.24, 2.45) is 5.92 Å². The molecule has 0 aliphatic carbocycles. The van der Waals surface area contributed by atoms with Crippen LogP contribution in [0.3, 0.4) is 0 Å². The topological polar surface area (TPSA) is 18.5 Å². The summed E-state index contributed by atoms with van der Waals surface area (Å²) in [5.74, 6) is 0.180. The summed E-state index contributed by atoms with van der Waals surface area (Å²) >= 11 is 0. The molecule has 0 N–H and O–H groups in total. The van der Waals surface area contributed by atoms with Crippen molar-refractivity contribution in [3.8, 4) is 0 Å². The molecule has 0 radical (unpaired) electrons. The van der Waals surface area contributed by atoms with E-state index in [4.69, 9.17) is 9.47 Å². The first-order valence-corrected chi connectivity index (χ1v) is 6.38. The average molecular weight is 226 g/mol. The van der Waals surface area contributed by atoms with Gasteiger partial charge in [0.2, 0.25) is 0 Å². The molecular weight excluding hydrogens is 200 g/mol. The summed E-state index contributed by atoms with van der Waals surface area (Å²) < 4.78 is 11.6. The molecule has 0 bridgehead atoms. The number of allylic oxidation sites excluding steroid dienone is 1. The van der Waals surface area contributed by atoms with E-state index in [1.165, 1.54) is 11.1 Å². The SMILES string of the molecule is CCC(=C(C)[C@@H]1CCOC(C)(C)O1)C(C)C. The van der Waals surface area contributed by atoms with Crippen LogP contribution in [0.1, 0.15) is 54.4 Å². The zero-order valence-corrected chi connectivity index (χ0v) is 11.6. The molecule has 2 nitrogen and oxygen atoms in total. The van der Waals surface area contributed by atoms with Crippen LogP contribution >= 0.6 is 0 Å². The van der Waals surface area contributed by atoms with E-state index in [9.17, 15) is 0 Å². The van der Waals surface area contributed by atoms with E-state index >= 15 is 0 Å². The minimum absolute atomic E-state index is 0.237. The number of ether oxygens (including phenoxy) is 2. The number of hydrogen-bond donors (Lipinski definition) is 0. The van der Waals surface area contributed by atoms with Crippen LogP contribution in [0.15, 0.2) is 11.1 Å². The van der Waals surface area contributed by atoms with Crippen molar-refractivity contribution in [3.05, 3.63) is 11.1 Å². The standard InChI is InChI=1S/C14H26O2/c1-7-12(10(2)3)11(4)13-8-9-15-14(5,6)16-13/h10,13H,7-9H2,1-6H3/t13-/m0/s1. The molecule has 0 aromatic carbocycles. The molecule has 0 unspecified atom stereocenters. The molecular formula is C14H26O2.